The summed E-state index contributed by atoms with van der Waals surface area (Å²) in [6, 6.07) is 17.1. The third-order valence-corrected chi connectivity index (χ3v) is 4.95. The van der Waals surface area contributed by atoms with Crippen LogP contribution in [0.2, 0.25) is 0 Å². The molecule has 0 aliphatic carbocycles. The highest BCUT2D eigenvalue weighted by atomic mass is 16.2. The SMILES string of the molecule is O=C(NC1CCCNC1)N1CCc2cc(-c3ccccc3)ccc21. The van der Waals surface area contributed by atoms with Gasteiger partial charge in [-0.2, -0.15) is 0 Å². The lowest BCUT2D eigenvalue weighted by Crippen LogP contribution is -2.50. The molecule has 0 aromatic heterocycles. The molecule has 0 saturated carbocycles. The van der Waals surface area contributed by atoms with Crippen molar-refractivity contribution in [3.8, 4) is 11.1 Å². The van der Waals surface area contributed by atoms with Crippen LogP contribution in [0.5, 0.6) is 0 Å². The maximum Gasteiger partial charge on any atom is 0.322 e. The van der Waals surface area contributed by atoms with Gasteiger partial charge in [-0.25, -0.2) is 4.79 Å². The molecule has 1 saturated heterocycles. The fourth-order valence-electron chi connectivity index (χ4n) is 3.65. The van der Waals surface area contributed by atoms with Crippen molar-refractivity contribution >= 4 is 11.7 Å². The van der Waals surface area contributed by atoms with Gasteiger partial charge in [-0.1, -0.05) is 36.4 Å². The number of fused-ring (bicyclic) bond motifs is 1. The Morgan fingerprint density at radius 2 is 2.00 bits per heavy atom. The van der Waals surface area contributed by atoms with Gasteiger partial charge in [0.05, 0.1) is 0 Å². The Kier molecular flexibility index (Phi) is 4.22. The first-order valence-electron chi connectivity index (χ1n) is 8.78. The van der Waals surface area contributed by atoms with E-state index in [4.69, 9.17) is 0 Å². The first-order valence-corrected chi connectivity index (χ1v) is 8.78. The van der Waals surface area contributed by atoms with Gasteiger partial charge < -0.3 is 10.6 Å². The molecule has 4 nitrogen and oxygen atoms in total. The van der Waals surface area contributed by atoms with Crippen LogP contribution in [-0.2, 0) is 6.42 Å². The molecular weight excluding hydrogens is 298 g/mol. The molecule has 1 atom stereocenters. The van der Waals surface area contributed by atoms with Crippen LogP contribution < -0.4 is 15.5 Å². The lowest BCUT2D eigenvalue weighted by molar-refractivity contribution is 0.240. The van der Waals surface area contributed by atoms with Gasteiger partial charge in [0, 0.05) is 24.8 Å². The van der Waals surface area contributed by atoms with E-state index in [0.717, 1.165) is 44.6 Å². The summed E-state index contributed by atoms with van der Waals surface area (Å²) in [6.07, 6.45) is 3.11. The minimum absolute atomic E-state index is 0.0370. The molecule has 24 heavy (non-hydrogen) atoms. The third-order valence-electron chi connectivity index (χ3n) is 4.95. The zero-order valence-electron chi connectivity index (χ0n) is 13.8. The molecule has 2 aromatic rings. The Labute approximate surface area is 142 Å². The van der Waals surface area contributed by atoms with Gasteiger partial charge in [-0.05, 0) is 54.6 Å². The molecule has 2 aromatic carbocycles. The number of carbonyl (C=O) groups is 1. The molecule has 1 fully saturated rings. The fraction of sp³-hybridized carbons (Fsp3) is 0.350. The van der Waals surface area contributed by atoms with Crippen LogP contribution in [0.25, 0.3) is 11.1 Å². The van der Waals surface area contributed by atoms with Gasteiger partial charge in [-0.3, -0.25) is 4.90 Å². The first-order chi connectivity index (χ1) is 11.8. The summed E-state index contributed by atoms with van der Waals surface area (Å²) in [4.78, 5) is 14.5. The number of hydrogen-bond donors (Lipinski definition) is 2. The van der Waals surface area contributed by atoms with E-state index in [1.807, 2.05) is 11.0 Å². The van der Waals surface area contributed by atoms with E-state index in [1.165, 1.54) is 16.7 Å². The van der Waals surface area contributed by atoms with E-state index < -0.39 is 0 Å². The van der Waals surface area contributed by atoms with E-state index in [0.29, 0.717) is 0 Å². The summed E-state index contributed by atoms with van der Waals surface area (Å²) in [6.45, 7) is 2.69. The number of rotatable bonds is 2. The van der Waals surface area contributed by atoms with Gasteiger partial charge in [0.1, 0.15) is 0 Å². The molecule has 4 rings (SSSR count). The van der Waals surface area contributed by atoms with Crippen LogP contribution in [0.1, 0.15) is 18.4 Å². The molecule has 0 radical (unpaired) electrons. The zero-order chi connectivity index (χ0) is 16.4. The Morgan fingerprint density at radius 3 is 2.79 bits per heavy atom. The number of amides is 2. The predicted molar refractivity (Wildman–Crippen MR) is 97.4 cm³/mol. The summed E-state index contributed by atoms with van der Waals surface area (Å²) < 4.78 is 0. The molecular formula is C20H23N3O. The van der Waals surface area contributed by atoms with Crippen molar-refractivity contribution in [3.05, 3.63) is 54.1 Å². The first kappa shape index (κ1) is 15.2. The molecule has 4 heteroatoms. The molecule has 2 heterocycles. The molecule has 2 aliphatic heterocycles. The van der Waals surface area contributed by atoms with Crippen LogP contribution in [0.4, 0.5) is 10.5 Å². The summed E-state index contributed by atoms with van der Waals surface area (Å²) in [5.74, 6) is 0. The highest BCUT2D eigenvalue weighted by Gasteiger charge is 2.26. The monoisotopic (exact) mass is 321 g/mol. The van der Waals surface area contributed by atoms with E-state index in [1.54, 1.807) is 0 Å². The van der Waals surface area contributed by atoms with Crippen molar-refractivity contribution in [1.82, 2.24) is 10.6 Å². The van der Waals surface area contributed by atoms with Gasteiger partial charge >= 0.3 is 6.03 Å². The smallest absolute Gasteiger partial charge is 0.322 e. The molecule has 0 spiro atoms. The predicted octanol–water partition coefficient (Wildman–Crippen LogP) is 3.18. The van der Waals surface area contributed by atoms with Crippen LogP contribution in [0, 0.1) is 0 Å². The van der Waals surface area contributed by atoms with Gasteiger partial charge in [0.15, 0.2) is 0 Å². The average Bonchev–Trinajstić information content (AvgIpc) is 3.06. The van der Waals surface area contributed by atoms with Crippen LogP contribution >= 0.6 is 0 Å². The maximum absolute atomic E-state index is 12.6. The lowest BCUT2D eigenvalue weighted by atomic mass is 10.0. The number of nitrogens with one attached hydrogen (secondary N) is 2. The van der Waals surface area contributed by atoms with Gasteiger partial charge in [0.25, 0.3) is 0 Å². The molecule has 2 N–H and O–H groups in total. The Hall–Kier alpha value is -2.33. The van der Waals surface area contributed by atoms with Crippen molar-refractivity contribution in [3.63, 3.8) is 0 Å². The average molecular weight is 321 g/mol. The molecule has 2 amide bonds. The van der Waals surface area contributed by atoms with Crippen LogP contribution in [0.3, 0.4) is 0 Å². The maximum atomic E-state index is 12.6. The van der Waals surface area contributed by atoms with Crippen molar-refractivity contribution in [2.75, 3.05) is 24.5 Å². The number of carbonyl (C=O) groups excluding carboxylic acids is 1. The minimum atomic E-state index is 0.0370. The minimum Gasteiger partial charge on any atom is -0.334 e. The molecule has 2 aliphatic rings. The van der Waals surface area contributed by atoms with E-state index in [2.05, 4.69) is 53.1 Å². The van der Waals surface area contributed by atoms with Crippen molar-refractivity contribution < 1.29 is 4.79 Å². The third kappa shape index (κ3) is 3.02. The fourth-order valence-corrected chi connectivity index (χ4v) is 3.65. The Bertz CT molecular complexity index is 723. The number of benzene rings is 2. The molecule has 0 bridgehead atoms. The highest BCUT2D eigenvalue weighted by molar-refractivity contribution is 5.95. The number of hydrogen-bond acceptors (Lipinski definition) is 2. The summed E-state index contributed by atoms with van der Waals surface area (Å²) >= 11 is 0. The Balaban J connectivity index is 1.50. The van der Waals surface area contributed by atoms with Crippen LogP contribution in [0.15, 0.2) is 48.5 Å². The number of urea groups is 1. The normalized spacial score (nSPS) is 19.8. The number of anilines is 1. The van der Waals surface area contributed by atoms with Crippen molar-refractivity contribution in [1.29, 1.82) is 0 Å². The van der Waals surface area contributed by atoms with Crippen molar-refractivity contribution in [2.45, 2.75) is 25.3 Å². The second-order valence-electron chi connectivity index (χ2n) is 6.60. The Morgan fingerprint density at radius 1 is 1.12 bits per heavy atom. The number of piperidine rings is 1. The van der Waals surface area contributed by atoms with Gasteiger partial charge in [0.2, 0.25) is 0 Å². The molecule has 124 valence electrons. The van der Waals surface area contributed by atoms with Gasteiger partial charge in [-0.15, -0.1) is 0 Å². The van der Waals surface area contributed by atoms with E-state index >= 15 is 0 Å². The van der Waals surface area contributed by atoms with Crippen LogP contribution in [-0.4, -0.2) is 31.7 Å². The highest BCUT2D eigenvalue weighted by Crippen LogP contribution is 2.32. The quantitative estimate of drug-likeness (QED) is 0.892. The topological polar surface area (TPSA) is 44.4 Å². The van der Waals surface area contributed by atoms with E-state index in [9.17, 15) is 4.79 Å². The zero-order valence-corrected chi connectivity index (χ0v) is 13.8. The summed E-state index contributed by atoms with van der Waals surface area (Å²) in [5, 5.41) is 6.51. The largest absolute Gasteiger partial charge is 0.334 e. The second kappa shape index (κ2) is 6.65. The standard InChI is InChI=1S/C20H23N3O/c24-20(22-18-7-4-11-21-14-18)23-12-10-17-13-16(8-9-19(17)23)15-5-2-1-3-6-15/h1-3,5-6,8-9,13,18,21H,4,7,10-12,14H2,(H,22,24). The summed E-state index contributed by atoms with van der Waals surface area (Å²) in [7, 11) is 0. The van der Waals surface area contributed by atoms with Crippen molar-refractivity contribution in [2.24, 2.45) is 0 Å². The summed E-state index contributed by atoms with van der Waals surface area (Å²) in [5.41, 5.74) is 4.74. The second-order valence-corrected chi connectivity index (χ2v) is 6.60. The lowest BCUT2D eigenvalue weighted by Gasteiger charge is -2.27. The number of nitrogens with zero attached hydrogens (tertiary/aromatic N) is 1. The molecule has 1 unspecified atom stereocenters. The van der Waals surface area contributed by atoms with E-state index in [-0.39, 0.29) is 12.1 Å².